The monoisotopic (exact) mass is 388 g/mol. The molecule has 7 nitrogen and oxygen atoms in total. The highest BCUT2D eigenvalue weighted by Gasteiger charge is 2.65. The van der Waals surface area contributed by atoms with E-state index in [1.165, 1.54) is 4.90 Å². The van der Waals surface area contributed by atoms with Crippen molar-refractivity contribution in [1.29, 1.82) is 0 Å². The van der Waals surface area contributed by atoms with Crippen molar-refractivity contribution in [1.82, 2.24) is 9.80 Å². The molecule has 2 aliphatic heterocycles. The molecular weight excluding hydrogens is 360 g/mol. The second-order valence-electron chi connectivity index (χ2n) is 8.38. The summed E-state index contributed by atoms with van der Waals surface area (Å²) >= 11 is 0. The molecule has 2 aliphatic rings. The first-order chi connectivity index (χ1) is 13.2. The van der Waals surface area contributed by atoms with E-state index in [0.717, 1.165) is 5.56 Å². The third kappa shape index (κ3) is 3.76. The fraction of sp³-hybridized carbons (Fsp3) is 0.571. The molecule has 152 valence electrons. The molecule has 3 rings (SSSR count). The van der Waals surface area contributed by atoms with Gasteiger partial charge < -0.3 is 14.4 Å². The maximum Gasteiger partial charge on any atom is 0.410 e. The van der Waals surface area contributed by atoms with E-state index in [-0.39, 0.29) is 32.0 Å². The molecule has 7 heteroatoms. The summed E-state index contributed by atoms with van der Waals surface area (Å²) in [5.41, 5.74) is -0.952. The van der Waals surface area contributed by atoms with Crippen LogP contribution in [0.3, 0.4) is 0 Å². The standard InChI is InChI=1S/C21H28N2O5/c1-5-27-18(25)21-14-23(19(26)28-20(2,3)4)12-16(21)22(13-17(21)24)11-15-9-7-6-8-10-15/h6-10,16H,5,11-14H2,1-4H3/t16-,21-/m0/s1. The van der Waals surface area contributed by atoms with Crippen molar-refractivity contribution in [3.05, 3.63) is 35.9 Å². The number of likely N-dealkylation sites (tertiary alicyclic amines) is 2. The summed E-state index contributed by atoms with van der Waals surface area (Å²) in [7, 11) is 0. The SMILES string of the molecule is CCOC(=O)[C@@]12CN(C(=O)OC(C)(C)C)C[C@@H]1N(Cc1ccccc1)CC2=O. The molecule has 0 spiro atoms. The number of fused-ring (bicyclic) bond motifs is 1. The van der Waals surface area contributed by atoms with Crippen LogP contribution in [-0.2, 0) is 25.6 Å². The van der Waals surface area contributed by atoms with Gasteiger partial charge in [0.15, 0.2) is 11.2 Å². The van der Waals surface area contributed by atoms with Gasteiger partial charge >= 0.3 is 12.1 Å². The van der Waals surface area contributed by atoms with Crippen LogP contribution in [0.2, 0.25) is 0 Å². The summed E-state index contributed by atoms with van der Waals surface area (Å²) in [6, 6.07) is 9.35. The average Bonchev–Trinajstić information content (AvgIpc) is 3.13. The number of rotatable bonds is 4. The molecule has 2 heterocycles. The molecule has 0 unspecified atom stereocenters. The number of carbonyl (C=O) groups is 3. The predicted molar refractivity (Wildman–Crippen MR) is 103 cm³/mol. The minimum Gasteiger partial charge on any atom is -0.465 e. The summed E-state index contributed by atoms with van der Waals surface area (Å²) in [6.07, 6.45) is -0.516. The maximum absolute atomic E-state index is 13.0. The second kappa shape index (κ2) is 7.54. The number of nitrogens with zero attached hydrogens (tertiary/aromatic N) is 2. The van der Waals surface area contributed by atoms with Crippen LogP contribution in [0.1, 0.15) is 33.3 Å². The molecule has 0 aliphatic carbocycles. The molecule has 2 atom stereocenters. The summed E-state index contributed by atoms with van der Waals surface area (Å²) < 4.78 is 10.7. The van der Waals surface area contributed by atoms with Gasteiger partial charge in [-0.1, -0.05) is 30.3 Å². The van der Waals surface area contributed by atoms with Gasteiger partial charge in [-0.15, -0.1) is 0 Å². The number of ketones is 1. The van der Waals surface area contributed by atoms with Crippen molar-refractivity contribution in [2.45, 2.75) is 45.9 Å². The summed E-state index contributed by atoms with van der Waals surface area (Å²) in [6.45, 7) is 8.21. The number of hydrogen-bond acceptors (Lipinski definition) is 6. The smallest absolute Gasteiger partial charge is 0.410 e. The Morgan fingerprint density at radius 1 is 1.21 bits per heavy atom. The molecular formula is C21H28N2O5. The van der Waals surface area contributed by atoms with E-state index >= 15 is 0 Å². The van der Waals surface area contributed by atoms with Crippen molar-refractivity contribution in [3.63, 3.8) is 0 Å². The number of benzene rings is 1. The van der Waals surface area contributed by atoms with Crippen LogP contribution in [0.15, 0.2) is 30.3 Å². The van der Waals surface area contributed by atoms with Crippen LogP contribution in [0.5, 0.6) is 0 Å². The van der Waals surface area contributed by atoms with Crippen LogP contribution >= 0.6 is 0 Å². The van der Waals surface area contributed by atoms with Gasteiger partial charge in [-0.05, 0) is 33.3 Å². The zero-order valence-electron chi connectivity index (χ0n) is 16.9. The van der Waals surface area contributed by atoms with E-state index in [0.29, 0.717) is 6.54 Å². The van der Waals surface area contributed by atoms with Crippen LogP contribution in [0, 0.1) is 5.41 Å². The van der Waals surface area contributed by atoms with Gasteiger partial charge in [-0.2, -0.15) is 0 Å². The lowest BCUT2D eigenvalue weighted by Gasteiger charge is -2.27. The molecule has 28 heavy (non-hydrogen) atoms. The van der Waals surface area contributed by atoms with E-state index in [2.05, 4.69) is 0 Å². The van der Waals surface area contributed by atoms with Gasteiger partial charge in [-0.3, -0.25) is 14.5 Å². The summed E-state index contributed by atoms with van der Waals surface area (Å²) in [5, 5.41) is 0. The normalized spacial score (nSPS) is 24.9. The number of ether oxygens (including phenoxy) is 2. The highest BCUT2D eigenvalue weighted by molar-refractivity contribution is 6.08. The quantitative estimate of drug-likeness (QED) is 0.582. The molecule has 1 aromatic carbocycles. The third-order valence-electron chi connectivity index (χ3n) is 5.21. The minimum absolute atomic E-state index is 0.00443. The fourth-order valence-corrected chi connectivity index (χ4v) is 4.00. The first-order valence-corrected chi connectivity index (χ1v) is 9.64. The Kier molecular flexibility index (Phi) is 5.48. The van der Waals surface area contributed by atoms with E-state index in [1.807, 2.05) is 35.2 Å². The highest BCUT2D eigenvalue weighted by Crippen LogP contribution is 2.42. The van der Waals surface area contributed by atoms with Gasteiger partial charge in [0.2, 0.25) is 0 Å². The Labute approximate surface area is 165 Å². The molecule has 0 aromatic heterocycles. The molecule has 2 fully saturated rings. The first-order valence-electron chi connectivity index (χ1n) is 9.64. The Morgan fingerprint density at radius 2 is 1.89 bits per heavy atom. The van der Waals surface area contributed by atoms with Crippen molar-refractivity contribution in [2.24, 2.45) is 5.41 Å². The highest BCUT2D eigenvalue weighted by atomic mass is 16.6. The summed E-state index contributed by atoms with van der Waals surface area (Å²) in [4.78, 5) is 41.9. The zero-order valence-corrected chi connectivity index (χ0v) is 16.9. The molecule has 0 saturated carbocycles. The van der Waals surface area contributed by atoms with Gasteiger partial charge in [0.25, 0.3) is 0 Å². The molecule has 0 bridgehead atoms. The van der Waals surface area contributed by atoms with Crippen LogP contribution in [0.4, 0.5) is 4.79 Å². The van der Waals surface area contributed by atoms with E-state index in [4.69, 9.17) is 9.47 Å². The van der Waals surface area contributed by atoms with Crippen molar-refractivity contribution >= 4 is 17.8 Å². The summed E-state index contributed by atoms with van der Waals surface area (Å²) in [5.74, 6) is -0.746. The van der Waals surface area contributed by atoms with Crippen LogP contribution in [-0.4, -0.2) is 65.5 Å². The lowest BCUT2D eigenvalue weighted by molar-refractivity contribution is -0.158. The number of amides is 1. The van der Waals surface area contributed by atoms with Crippen molar-refractivity contribution in [3.8, 4) is 0 Å². The maximum atomic E-state index is 13.0. The largest absolute Gasteiger partial charge is 0.465 e. The molecule has 1 amide bonds. The Balaban J connectivity index is 1.88. The van der Waals surface area contributed by atoms with Gasteiger partial charge in [0, 0.05) is 19.6 Å². The Hall–Kier alpha value is -2.41. The zero-order chi connectivity index (χ0) is 20.5. The molecule has 1 aromatic rings. The van der Waals surface area contributed by atoms with Gasteiger partial charge in [0.05, 0.1) is 19.2 Å². The lowest BCUT2D eigenvalue weighted by Crippen LogP contribution is -2.47. The topological polar surface area (TPSA) is 76.2 Å². The number of carbonyl (C=O) groups excluding carboxylic acids is 3. The van der Waals surface area contributed by atoms with Crippen LogP contribution < -0.4 is 0 Å². The number of Topliss-reactive ketones (excluding diaryl/α,β-unsaturated/α-hetero) is 1. The second-order valence-corrected chi connectivity index (χ2v) is 8.38. The van der Waals surface area contributed by atoms with E-state index in [9.17, 15) is 14.4 Å². The lowest BCUT2D eigenvalue weighted by atomic mass is 9.82. The predicted octanol–water partition coefficient (Wildman–Crippen LogP) is 2.24. The van der Waals surface area contributed by atoms with Crippen LogP contribution in [0.25, 0.3) is 0 Å². The van der Waals surface area contributed by atoms with Gasteiger partial charge in [-0.25, -0.2) is 4.79 Å². The average molecular weight is 388 g/mol. The first kappa shape index (κ1) is 20.3. The fourth-order valence-electron chi connectivity index (χ4n) is 4.00. The van der Waals surface area contributed by atoms with E-state index in [1.54, 1.807) is 27.7 Å². The third-order valence-corrected chi connectivity index (χ3v) is 5.21. The number of esters is 1. The molecule has 0 radical (unpaired) electrons. The number of hydrogen-bond donors (Lipinski definition) is 0. The Bertz CT molecular complexity index is 758. The van der Waals surface area contributed by atoms with Gasteiger partial charge in [0.1, 0.15) is 5.60 Å². The molecule has 0 N–H and O–H groups in total. The van der Waals surface area contributed by atoms with E-state index < -0.39 is 29.1 Å². The molecule has 2 saturated heterocycles. The van der Waals surface area contributed by atoms with Crippen molar-refractivity contribution < 1.29 is 23.9 Å². The minimum atomic E-state index is -1.35. The Morgan fingerprint density at radius 3 is 2.50 bits per heavy atom. The van der Waals surface area contributed by atoms with Crippen molar-refractivity contribution in [2.75, 3.05) is 26.2 Å².